The highest BCUT2D eigenvalue weighted by Gasteiger charge is 2.35. The van der Waals surface area contributed by atoms with Crippen LogP contribution in [-0.4, -0.2) is 11.6 Å². The summed E-state index contributed by atoms with van der Waals surface area (Å²) in [5, 5.41) is 42.0. The van der Waals surface area contributed by atoms with Gasteiger partial charge >= 0.3 is 6.07 Å². The number of Topliss-reactive ketones (excluding diaryl/α,β-unsaturated/α-hetero) is 2. The molecule has 6 nitrogen and oxygen atoms in total. The number of carbonyl (C=O) groups is 2. The van der Waals surface area contributed by atoms with Crippen molar-refractivity contribution in [1.82, 2.24) is 0 Å². The molecule has 104 heavy (non-hydrogen) atoms. The first-order valence-corrected chi connectivity index (χ1v) is 44.2. The van der Waals surface area contributed by atoms with Gasteiger partial charge in [0.25, 0.3) is 0 Å². The molecule has 11 rings (SSSR count). The van der Waals surface area contributed by atoms with E-state index in [4.69, 9.17) is 5.26 Å². The Bertz CT molecular complexity index is 4410. The fraction of sp³-hybridized carbons (Fsp3) is 0.435. The second-order valence-corrected chi connectivity index (χ2v) is 35.5. The van der Waals surface area contributed by atoms with Crippen LogP contribution >= 0.6 is 68.0 Å². The van der Waals surface area contributed by atoms with E-state index in [1.165, 1.54) is 223 Å². The Hall–Kier alpha value is -7.36. The summed E-state index contributed by atoms with van der Waals surface area (Å²) in [6.07, 6.45) is 42.4. The lowest BCUT2D eigenvalue weighted by atomic mass is 9.95. The number of hydrogen-bond donors (Lipinski definition) is 1. The Kier molecular flexibility index (Phi) is 29.0. The van der Waals surface area contributed by atoms with Gasteiger partial charge in [-0.1, -0.05) is 262 Å². The maximum absolute atomic E-state index is 14.6. The Labute approximate surface area is 644 Å². The summed E-state index contributed by atoms with van der Waals surface area (Å²) in [5.41, 5.74) is 9.23. The van der Waals surface area contributed by atoms with Gasteiger partial charge in [-0.3, -0.25) is 9.59 Å². The zero-order chi connectivity index (χ0) is 72.9. The second-order valence-electron chi connectivity index (χ2n) is 28.9. The first-order valence-electron chi connectivity index (χ1n) is 39.3. The van der Waals surface area contributed by atoms with Crippen molar-refractivity contribution in [3.8, 4) is 64.7 Å². The average molecular weight is 1490 g/mol. The summed E-state index contributed by atoms with van der Waals surface area (Å²) >= 11 is 11.2. The maximum Gasteiger partial charge on any atom is 0.320 e. The van der Waals surface area contributed by atoms with Gasteiger partial charge in [0.05, 0.1) is 0 Å². The van der Waals surface area contributed by atoms with Crippen LogP contribution in [0.15, 0.2) is 119 Å². The van der Waals surface area contributed by atoms with E-state index in [2.05, 4.69) is 114 Å². The summed E-state index contributed by atoms with van der Waals surface area (Å²) in [7, 11) is 0. The Morgan fingerprint density at radius 2 is 0.779 bits per heavy atom. The minimum Gasteiger partial charge on any atom is -0.289 e. The van der Waals surface area contributed by atoms with Crippen LogP contribution in [0.5, 0.6) is 0 Å². The second kappa shape index (κ2) is 38.8. The van der Waals surface area contributed by atoms with Crippen LogP contribution in [0.1, 0.15) is 284 Å². The number of thiophene rings is 6. The van der Waals surface area contributed by atoms with E-state index in [0.29, 0.717) is 56.4 Å². The fourth-order valence-corrected chi connectivity index (χ4v) is 23.2. The van der Waals surface area contributed by atoms with Crippen LogP contribution in [0, 0.1) is 51.9 Å². The summed E-state index contributed by atoms with van der Waals surface area (Å²) in [6.45, 7) is 13.9. The smallest absolute Gasteiger partial charge is 0.289 e. The molecule has 0 bridgehead atoms. The molecule has 2 aliphatic rings. The number of allylic oxidation sites excluding steroid dienone is 6. The number of nitriles is 3. The fourth-order valence-electron chi connectivity index (χ4n) is 15.6. The van der Waals surface area contributed by atoms with Gasteiger partial charge in [0, 0.05) is 113 Å². The van der Waals surface area contributed by atoms with Gasteiger partial charge < -0.3 is 0 Å². The maximum atomic E-state index is 14.6. The van der Waals surface area contributed by atoms with E-state index in [1.54, 1.807) is 22.7 Å². The number of benzene rings is 3. The van der Waals surface area contributed by atoms with E-state index < -0.39 is 0 Å². The van der Waals surface area contributed by atoms with Gasteiger partial charge in [0.15, 0.2) is 17.1 Å². The Balaban J connectivity index is 1.11. The van der Waals surface area contributed by atoms with Gasteiger partial charge in [-0.15, -0.1) is 68.0 Å². The molecule has 0 spiro atoms. The van der Waals surface area contributed by atoms with E-state index in [1.807, 2.05) is 106 Å². The van der Waals surface area contributed by atoms with Crippen molar-refractivity contribution in [3.63, 3.8) is 0 Å². The van der Waals surface area contributed by atoms with Gasteiger partial charge in [-0.05, 0) is 133 Å². The molecule has 2 atom stereocenters. The summed E-state index contributed by atoms with van der Waals surface area (Å²) < 4.78 is 2.55. The first kappa shape index (κ1) is 77.7. The topological polar surface area (TPSA) is 129 Å². The Morgan fingerprint density at radius 1 is 0.413 bits per heavy atom. The number of nitrogens with one attached hydrogen (secondary N) is 1. The zero-order valence-electron chi connectivity index (χ0n) is 62.3. The number of unbranched alkanes of at least 4 members (excludes halogenated alkanes) is 20. The molecular formula is C92H103N4O2S6+. The number of rotatable bonds is 40. The van der Waals surface area contributed by atoms with Crippen molar-refractivity contribution in [2.75, 3.05) is 0 Å². The minimum atomic E-state index is -0.160. The highest BCUT2D eigenvalue weighted by atomic mass is 32.1. The lowest BCUT2D eigenvalue weighted by Crippen LogP contribution is -2.17. The molecule has 2 aliphatic carbocycles. The quantitative estimate of drug-likeness (QED) is 0.0232. The molecule has 0 aliphatic heterocycles. The summed E-state index contributed by atoms with van der Waals surface area (Å²) in [6, 6.07) is 43.1. The lowest BCUT2D eigenvalue weighted by Gasteiger charge is -2.13. The molecule has 0 amide bonds. The third-order valence-electron chi connectivity index (χ3n) is 21.5. The molecule has 12 heteroatoms. The molecule has 2 unspecified atom stereocenters. The van der Waals surface area contributed by atoms with Crippen molar-refractivity contribution < 1.29 is 14.9 Å². The lowest BCUT2D eigenvalue weighted by molar-refractivity contribution is -0.0908. The van der Waals surface area contributed by atoms with E-state index in [9.17, 15) is 25.4 Å². The molecular weight excluding hydrogens is 1390 g/mol. The van der Waals surface area contributed by atoms with Crippen LogP contribution in [0.3, 0.4) is 0 Å². The molecule has 0 fully saturated rings. The van der Waals surface area contributed by atoms with Crippen LogP contribution in [0.2, 0.25) is 0 Å². The number of carbonyl (C=O) groups excluding carboxylic acids is 2. The molecule has 0 saturated carbocycles. The third-order valence-corrected chi connectivity index (χ3v) is 28.6. The van der Waals surface area contributed by atoms with Crippen molar-refractivity contribution >= 4 is 123 Å². The molecule has 0 saturated heterocycles. The predicted molar refractivity (Wildman–Crippen MR) is 449 cm³/mol. The molecule has 6 aromatic heterocycles. The predicted octanol–water partition coefficient (Wildman–Crippen LogP) is 27.9. The summed E-state index contributed by atoms with van der Waals surface area (Å²) in [5.74, 6) is 0.933. The van der Waals surface area contributed by atoms with Crippen LogP contribution in [-0.2, 0) is 25.7 Å². The van der Waals surface area contributed by atoms with Crippen molar-refractivity contribution in [2.45, 2.75) is 247 Å². The normalized spacial score (nSPS) is 14.6. The van der Waals surface area contributed by atoms with Gasteiger partial charge in [0.2, 0.25) is 0 Å². The van der Waals surface area contributed by atoms with Crippen molar-refractivity contribution in [2.24, 2.45) is 11.8 Å². The highest BCUT2D eigenvalue weighted by molar-refractivity contribution is 7.29. The van der Waals surface area contributed by atoms with E-state index >= 15 is 0 Å². The van der Waals surface area contributed by atoms with Gasteiger partial charge in [0.1, 0.15) is 23.8 Å². The highest BCUT2D eigenvalue weighted by Crippen LogP contribution is 2.57. The van der Waals surface area contributed by atoms with Gasteiger partial charge in [-0.2, -0.15) is 15.8 Å². The van der Waals surface area contributed by atoms with E-state index in [-0.39, 0.29) is 22.7 Å². The Morgan fingerprint density at radius 3 is 1.14 bits per heavy atom. The standard InChI is InChI=1S/C92H102N4O2S6/c1-7-13-17-19-21-23-25-27-29-31-39-63-51-69(53-75-83(65(57-93)58-94)71-41-33-35-43-73(71)87(75)97)101-89(63)81-55-77-85(79-47-45-67(99-79)49-61(11-5)37-15-9-3)92-78(86(91(77)103-81)80-48-46-68(100-80)50-62(12-6)38-16-10-4)56-82(104-92)90-64(40-32-30-28-26-24-22-20-18-14-8-2)52-70(102-90)54-76-84(66(59-95)60-96)72-42-34-36-44-74(72)88(76)98/h33-36,41-48,51-56,61-62H,7-32,37-40,49-50H2,1-6H3/p+1/b75-53-,76-54-. The number of hydrogen-bond acceptors (Lipinski definition) is 11. The SMILES string of the molecule is CCCCCCCCCCCCc1cc(/C=C2\C(=O)c3ccccc3C2=C(C#N)C#N)sc1-c1cc2c(-c3ccc(CC(CC)CCCC)s3)c3sc(-c4sc(/C=C5\C(=O)c6ccccc6\C5=C(\C#N)C#[NH+])cc4CCCCCCCCCCCC)cc3c(-c3ccc(CC(CC)CCCC)s3)c2s1. The monoisotopic (exact) mass is 1490 g/mol. The largest absolute Gasteiger partial charge is 0.320 e. The summed E-state index contributed by atoms with van der Waals surface area (Å²) in [4.78, 5) is 41.3. The van der Waals surface area contributed by atoms with Crippen LogP contribution < -0.4 is 5.26 Å². The minimum absolute atomic E-state index is 0.0512. The number of nitrogens with zero attached hydrogens (tertiary/aromatic N) is 3. The number of ketones is 2. The third kappa shape index (κ3) is 18.4. The van der Waals surface area contributed by atoms with Gasteiger partial charge in [-0.25, -0.2) is 0 Å². The molecule has 9 aromatic rings. The molecule has 0 radical (unpaired) electrons. The zero-order valence-corrected chi connectivity index (χ0v) is 67.2. The molecule has 3 aromatic carbocycles. The van der Waals surface area contributed by atoms with Crippen molar-refractivity contribution in [1.29, 1.82) is 15.8 Å². The van der Waals surface area contributed by atoms with Crippen LogP contribution in [0.4, 0.5) is 0 Å². The van der Waals surface area contributed by atoms with Crippen LogP contribution in [0.25, 0.3) is 83.9 Å². The first-order chi connectivity index (χ1) is 51.0. The molecule has 538 valence electrons. The van der Waals surface area contributed by atoms with Crippen molar-refractivity contribution in [3.05, 3.63) is 172 Å². The average Bonchev–Trinajstić information content (AvgIpc) is 1.55. The number of fused-ring (bicyclic) bond motifs is 4. The molecule has 1 N–H and O–H groups in total. The molecule has 6 heterocycles. The van der Waals surface area contributed by atoms with E-state index in [0.717, 1.165) is 74.0 Å². The number of aryl methyl sites for hydroxylation is 2.